The van der Waals surface area contributed by atoms with Crippen LogP contribution in [0.25, 0.3) is 0 Å². The highest BCUT2D eigenvalue weighted by Gasteiger charge is 1.99. The van der Waals surface area contributed by atoms with Gasteiger partial charge in [0.2, 0.25) is 11.8 Å². The van der Waals surface area contributed by atoms with Crippen LogP contribution in [0.4, 0.5) is 0 Å². The van der Waals surface area contributed by atoms with E-state index in [1.54, 1.807) is 0 Å². The first-order chi connectivity index (χ1) is 20.6. The van der Waals surface area contributed by atoms with Gasteiger partial charge in [0, 0.05) is 12.8 Å². The zero-order valence-corrected chi connectivity index (χ0v) is 28.4. The summed E-state index contributed by atoms with van der Waals surface area (Å²) in [5.41, 5.74) is 10.3. The van der Waals surface area contributed by atoms with Crippen molar-refractivity contribution in [3.05, 3.63) is 0 Å². The fourth-order valence-electron chi connectivity index (χ4n) is 6.26. The van der Waals surface area contributed by atoms with Crippen molar-refractivity contribution in [2.75, 3.05) is 0 Å². The van der Waals surface area contributed by atoms with Crippen molar-refractivity contribution in [1.82, 2.24) is 0 Å². The van der Waals surface area contributed by atoms with E-state index in [2.05, 4.69) is 0 Å². The van der Waals surface area contributed by atoms with Gasteiger partial charge in [-0.05, 0) is 12.8 Å². The fraction of sp³-hybridized carbons (Fsp3) is 0.947. The Labute approximate surface area is 263 Å². The predicted octanol–water partition coefficient (Wildman–Crippen LogP) is 12.0. The predicted molar refractivity (Wildman–Crippen MR) is 185 cm³/mol. The Morgan fingerprint density at radius 1 is 0.214 bits per heavy atom. The molecule has 0 aromatic carbocycles. The van der Waals surface area contributed by atoms with Crippen LogP contribution in [0.2, 0.25) is 0 Å². The summed E-state index contributed by atoms with van der Waals surface area (Å²) in [4.78, 5) is 21.4. The molecular formula is C38H76N2O2. The van der Waals surface area contributed by atoms with E-state index < -0.39 is 0 Å². The number of carbonyl (C=O) groups is 2. The minimum Gasteiger partial charge on any atom is -0.370 e. The molecule has 0 aromatic rings. The molecule has 0 bridgehead atoms. The number of amides is 2. The van der Waals surface area contributed by atoms with Crippen molar-refractivity contribution in [2.45, 2.75) is 231 Å². The SMILES string of the molecule is NC(=O)CCCCCCCCCCCCCCCCCCCCCCCCCCCCCCCCCCCCC(N)=O. The first kappa shape index (κ1) is 40.9. The molecular weight excluding hydrogens is 516 g/mol. The van der Waals surface area contributed by atoms with E-state index in [0.29, 0.717) is 12.8 Å². The quantitative estimate of drug-likeness (QED) is 0.0703. The number of carbonyl (C=O) groups excluding carboxylic acids is 2. The maximum atomic E-state index is 10.7. The van der Waals surface area contributed by atoms with Crippen molar-refractivity contribution in [2.24, 2.45) is 11.5 Å². The number of hydrogen-bond acceptors (Lipinski definition) is 2. The molecule has 0 fully saturated rings. The third-order valence-corrected chi connectivity index (χ3v) is 9.10. The molecule has 250 valence electrons. The molecule has 0 aliphatic rings. The van der Waals surface area contributed by atoms with Gasteiger partial charge in [0.15, 0.2) is 0 Å². The summed E-state index contributed by atoms with van der Waals surface area (Å²) >= 11 is 0. The number of hydrogen-bond donors (Lipinski definition) is 2. The summed E-state index contributed by atoms with van der Waals surface area (Å²) in [6.07, 6.45) is 47.9. The second-order valence-corrected chi connectivity index (χ2v) is 13.5. The van der Waals surface area contributed by atoms with E-state index in [1.807, 2.05) is 0 Å². The molecule has 2 amide bonds. The Morgan fingerprint density at radius 2 is 0.310 bits per heavy atom. The molecule has 0 radical (unpaired) electrons. The van der Waals surface area contributed by atoms with E-state index in [1.165, 1.54) is 193 Å². The Kier molecular flexibility index (Phi) is 35.2. The van der Waals surface area contributed by atoms with E-state index in [-0.39, 0.29) is 11.8 Å². The van der Waals surface area contributed by atoms with Crippen molar-refractivity contribution in [3.8, 4) is 0 Å². The van der Waals surface area contributed by atoms with Crippen LogP contribution in [0, 0.1) is 0 Å². The van der Waals surface area contributed by atoms with Crippen molar-refractivity contribution >= 4 is 11.8 Å². The van der Waals surface area contributed by atoms with Crippen molar-refractivity contribution < 1.29 is 9.59 Å². The topological polar surface area (TPSA) is 86.2 Å². The van der Waals surface area contributed by atoms with Crippen LogP contribution in [0.3, 0.4) is 0 Å². The standard InChI is InChI=1S/C38H76N2O2/c39-37(41)35-33-31-29-27-25-23-21-19-17-15-13-11-9-7-5-3-1-2-4-6-8-10-12-14-16-18-20-22-24-26-28-30-32-34-36-38(40)42/h1-36H2,(H2,39,41)(H2,40,42). The van der Waals surface area contributed by atoms with Gasteiger partial charge in [-0.2, -0.15) is 0 Å². The average Bonchev–Trinajstić information content (AvgIpc) is 2.96. The largest absolute Gasteiger partial charge is 0.370 e. The lowest BCUT2D eigenvalue weighted by Gasteiger charge is -2.05. The zero-order chi connectivity index (χ0) is 30.6. The minimum atomic E-state index is -0.152. The highest BCUT2D eigenvalue weighted by Crippen LogP contribution is 2.17. The van der Waals surface area contributed by atoms with Gasteiger partial charge >= 0.3 is 0 Å². The Bertz CT molecular complexity index is 503. The van der Waals surface area contributed by atoms with E-state index >= 15 is 0 Å². The highest BCUT2D eigenvalue weighted by molar-refractivity contribution is 5.73. The molecule has 42 heavy (non-hydrogen) atoms. The molecule has 0 aliphatic heterocycles. The monoisotopic (exact) mass is 593 g/mol. The number of primary amides is 2. The number of unbranched alkanes of at least 4 members (excludes halogenated alkanes) is 33. The molecule has 4 N–H and O–H groups in total. The number of rotatable bonds is 37. The molecule has 0 aliphatic carbocycles. The van der Waals surface area contributed by atoms with Crippen LogP contribution < -0.4 is 11.5 Å². The second-order valence-electron chi connectivity index (χ2n) is 13.5. The van der Waals surface area contributed by atoms with Crippen LogP contribution in [0.1, 0.15) is 231 Å². The zero-order valence-electron chi connectivity index (χ0n) is 28.4. The van der Waals surface area contributed by atoms with Gasteiger partial charge in [-0.25, -0.2) is 0 Å². The van der Waals surface area contributed by atoms with Crippen molar-refractivity contribution in [3.63, 3.8) is 0 Å². The fourth-order valence-corrected chi connectivity index (χ4v) is 6.26. The third-order valence-electron chi connectivity index (χ3n) is 9.10. The maximum absolute atomic E-state index is 10.7. The minimum absolute atomic E-state index is 0.152. The van der Waals surface area contributed by atoms with Crippen LogP contribution in [-0.4, -0.2) is 11.8 Å². The lowest BCUT2D eigenvalue weighted by atomic mass is 10.0. The van der Waals surface area contributed by atoms with Gasteiger partial charge in [0.1, 0.15) is 0 Å². The highest BCUT2D eigenvalue weighted by atomic mass is 16.1. The van der Waals surface area contributed by atoms with E-state index in [4.69, 9.17) is 11.5 Å². The van der Waals surface area contributed by atoms with Gasteiger partial charge in [0.05, 0.1) is 0 Å². The van der Waals surface area contributed by atoms with Gasteiger partial charge in [-0.1, -0.05) is 205 Å². The van der Waals surface area contributed by atoms with Gasteiger partial charge < -0.3 is 11.5 Å². The summed E-state index contributed by atoms with van der Waals surface area (Å²) in [6.45, 7) is 0. The van der Waals surface area contributed by atoms with Crippen LogP contribution in [0.15, 0.2) is 0 Å². The molecule has 0 saturated heterocycles. The summed E-state index contributed by atoms with van der Waals surface area (Å²) in [6, 6.07) is 0. The Hall–Kier alpha value is -1.06. The summed E-state index contributed by atoms with van der Waals surface area (Å²) in [7, 11) is 0. The van der Waals surface area contributed by atoms with Gasteiger partial charge in [-0.3, -0.25) is 9.59 Å². The third kappa shape index (κ3) is 38.9. The molecule has 4 heteroatoms. The lowest BCUT2D eigenvalue weighted by molar-refractivity contribution is -0.119. The normalized spacial score (nSPS) is 11.3. The average molecular weight is 593 g/mol. The maximum Gasteiger partial charge on any atom is 0.217 e. The molecule has 0 rings (SSSR count). The second kappa shape index (κ2) is 36.1. The lowest BCUT2D eigenvalue weighted by Crippen LogP contribution is -2.09. The van der Waals surface area contributed by atoms with Crippen LogP contribution >= 0.6 is 0 Å². The summed E-state index contributed by atoms with van der Waals surface area (Å²) in [5, 5.41) is 0. The van der Waals surface area contributed by atoms with Crippen LogP contribution in [-0.2, 0) is 9.59 Å². The molecule has 0 aromatic heterocycles. The number of nitrogens with two attached hydrogens (primary N) is 2. The van der Waals surface area contributed by atoms with Crippen molar-refractivity contribution in [1.29, 1.82) is 0 Å². The summed E-state index contributed by atoms with van der Waals surface area (Å²) in [5.74, 6) is -0.304. The van der Waals surface area contributed by atoms with E-state index in [9.17, 15) is 9.59 Å². The molecule has 0 heterocycles. The smallest absolute Gasteiger partial charge is 0.217 e. The molecule has 0 unspecified atom stereocenters. The first-order valence-corrected chi connectivity index (χ1v) is 19.2. The van der Waals surface area contributed by atoms with E-state index in [0.717, 1.165) is 25.7 Å². The molecule has 4 nitrogen and oxygen atoms in total. The summed E-state index contributed by atoms with van der Waals surface area (Å²) < 4.78 is 0. The van der Waals surface area contributed by atoms with Gasteiger partial charge in [-0.15, -0.1) is 0 Å². The van der Waals surface area contributed by atoms with Crippen LogP contribution in [0.5, 0.6) is 0 Å². The Morgan fingerprint density at radius 3 is 0.405 bits per heavy atom. The van der Waals surface area contributed by atoms with Gasteiger partial charge in [0.25, 0.3) is 0 Å². The Balaban J connectivity index is 3.04. The first-order valence-electron chi connectivity index (χ1n) is 19.2. The molecule has 0 spiro atoms. The molecule has 0 atom stereocenters. The molecule has 0 saturated carbocycles.